The van der Waals surface area contributed by atoms with Gasteiger partial charge in [0.2, 0.25) is 0 Å². The summed E-state index contributed by atoms with van der Waals surface area (Å²) in [6.45, 7) is 8.03. The summed E-state index contributed by atoms with van der Waals surface area (Å²) in [5.41, 5.74) is -0.686. The van der Waals surface area contributed by atoms with Crippen molar-refractivity contribution in [1.82, 2.24) is 0 Å². The smallest absolute Gasteiger partial charge is 0.150 e. The first-order valence-electron chi connectivity index (χ1n) is 5.90. The number of ketones is 1. The second kappa shape index (κ2) is 4.35. The van der Waals surface area contributed by atoms with Crippen molar-refractivity contribution in [3.8, 4) is 6.07 Å². The maximum atomic E-state index is 11.8. The van der Waals surface area contributed by atoms with Gasteiger partial charge in [-0.05, 0) is 37.5 Å². The summed E-state index contributed by atoms with van der Waals surface area (Å²) in [6, 6.07) is 2.32. The molecule has 0 aromatic carbocycles. The van der Waals surface area contributed by atoms with Gasteiger partial charge in [0, 0.05) is 0 Å². The van der Waals surface area contributed by atoms with Gasteiger partial charge in [-0.3, -0.25) is 4.79 Å². The van der Waals surface area contributed by atoms with Gasteiger partial charge in [0.1, 0.15) is 11.2 Å². The van der Waals surface area contributed by atoms with E-state index in [1.165, 1.54) is 0 Å². The standard InChI is InChI=1S/C13H21NO/c1-5-10(3)12-6-9(2)7-13(12,8-14)11(4)15/h9-10,12H,5-7H2,1-4H3. The molecule has 0 aliphatic heterocycles. The summed E-state index contributed by atoms with van der Waals surface area (Å²) in [7, 11) is 0. The van der Waals surface area contributed by atoms with E-state index in [0.29, 0.717) is 11.8 Å². The van der Waals surface area contributed by atoms with Crippen LogP contribution in [-0.4, -0.2) is 5.78 Å². The Bertz CT molecular complexity index is 291. The van der Waals surface area contributed by atoms with E-state index in [9.17, 15) is 10.1 Å². The molecule has 1 aliphatic rings. The molecule has 1 rings (SSSR count). The third-order valence-corrected chi connectivity index (χ3v) is 4.12. The Hall–Kier alpha value is -0.840. The number of hydrogen-bond acceptors (Lipinski definition) is 2. The van der Waals surface area contributed by atoms with Crippen molar-refractivity contribution in [3.05, 3.63) is 0 Å². The fourth-order valence-electron chi connectivity index (χ4n) is 3.03. The predicted molar refractivity (Wildman–Crippen MR) is 60.1 cm³/mol. The largest absolute Gasteiger partial charge is 0.298 e. The van der Waals surface area contributed by atoms with Gasteiger partial charge in [-0.2, -0.15) is 5.26 Å². The molecule has 0 aromatic rings. The Labute approximate surface area is 92.7 Å². The molecule has 0 radical (unpaired) electrons. The van der Waals surface area contributed by atoms with Crippen LogP contribution in [0.5, 0.6) is 0 Å². The van der Waals surface area contributed by atoms with Crippen LogP contribution in [0.15, 0.2) is 0 Å². The molecule has 15 heavy (non-hydrogen) atoms. The summed E-state index contributed by atoms with van der Waals surface area (Å²) < 4.78 is 0. The molecule has 0 saturated heterocycles. The van der Waals surface area contributed by atoms with Crippen molar-refractivity contribution in [2.24, 2.45) is 23.2 Å². The van der Waals surface area contributed by atoms with Crippen LogP contribution in [0.4, 0.5) is 0 Å². The van der Waals surface area contributed by atoms with Gasteiger partial charge in [0.05, 0.1) is 6.07 Å². The van der Waals surface area contributed by atoms with Crippen LogP contribution in [-0.2, 0) is 4.79 Å². The van der Waals surface area contributed by atoms with Crippen LogP contribution in [0, 0.1) is 34.5 Å². The SMILES string of the molecule is CCC(C)C1CC(C)CC1(C#N)C(C)=O. The molecule has 0 N–H and O–H groups in total. The monoisotopic (exact) mass is 207 g/mol. The van der Waals surface area contributed by atoms with Crippen LogP contribution < -0.4 is 0 Å². The molecule has 0 heterocycles. The molecule has 1 saturated carbocycles. The molecule has 2 heteroatoms. The van der Waals surface area contributed by atoms with E-state index in [1.807, 2.05) is 0 Å². The third-order valence-electron chi connectivity index (χ3n) is 4.12. The van der Waals surface area contributed by atoms with E-state index < -0.39 is 5.41 Å². The number of carbonyl (C=O) groups is 1. The van der Waals surface area contributed by atoms with Gasteiger partial charge in [-0.1, -0.05) is 27.2 Å². The Morgan fingerprint density at radius 1 is 1.67 bits per heavy atom. The summed E-state index contributed by atoms with van der Waals surface area (Å²) in [4.78, 5) is 11.8. The highest BCUT2D eigenvalue weighted by Crippen LogP contribution is 2.50. The molecule has 0 amide bonds. The Balaban J connectivity index is 3.04. The molecule has 0 bridgehead atoms. The number of carbonyl (C=O) groups excluding carboxylic acids is 1. The summed E-state index contributed by atoms with van der Waals surface area (Å²) in [6.07, 6.45) is 2.84. The lowest BCUT2D eigenvalue weighted by Gasteiger charge is -2.30. The predicted octanol–water partition coefficient (Wildman–Crippen LogP) is 3.18. The van der Waals surface area contributed by atoms with Crippen molar-refractivity contribution < 1.29 is 4.79 Å². The van der Waals surface area contributed by atoms with Gasteiger partial charge in [0.15, 0.2) is 0 Å². The summed E-state index contributed by atoms with van der Waals surface area (Å²) in [5.74, 6) is 1.31. The van der Waals surface area contributed by atoms with Gasteiger partial charge in [-0.25, -0.2) is 0 Å². The van der Waals surface area contributed by atoms with Crippen molar-refractivity contribution in [3.63, 3.8) is 0 Å². The Morgan fingerprint density at radius 3 is 2.67 bits per heavy atom. The first-order chi connectivity index (χ1) is 6.97. The highest BCUT2D eigenvalue weighted by molar-refractivity contribution is 5.86. The van der Waals surface area contributed by atoms with E-state index in [4.69, 9.17) is 0 Å². The van der Waals surface area contributed by atoms with Crippen molar-refractivity contribution in [2.75, 3.05) is 0 Å². The van der Waals surface area contributed by atoms with Crippen molar-refractivity contribution >= 4 is 5.78 Å². The van der Waals surface area contributed by atoms with Crippen LogP contribution in [0.3, 0.4) is 0 Å². The molecule has 4 atom stereocenters. The summed E-state index contributed by atoms with van der Waals surface area (Å²) >= 11 is 0. The topological polar surface area (TPSA) is 40.9 Å². The van der Waals surface area contributed by atoms with E-state index in [-0.39, 0.29) is 11.7 Å². The molecule has 1 aliphatic carbocycles. The quantitative estimate of drug-likeness (QED) is 0.713. The number of hydrogen-bond donors (Lipinski definition) is 0. The molecular weight excluding hydrogens is 186 g/mol. The zero-order valence-corrected chi connectivity index (χ0v) is 10.2. The molecule has 0 aromatic heterocycles. The second-order valence-corrected chi connectivity index (χ2v) is 5.18. The average molecular weight is 207 g/mol. The normalized spacial score (nSPS) is 37.3. The fourth-order valence-corrected chi connectivity index (χ4v) is 3.03. The Kier molecular flexibility index (Phi) is 3.54. The van der Waals surface area contributed by atoms with Crippen LogP contribution >= 0.6 is 0 Å². The third kappa shape index (κ3) is 1.93. The van der Waals surface area contributed by atoms with Gasteiger partial charge in [-0.15, -0.1) is 0 Å². The zero-order valence-electron chi connectivity index (χ0n) is 10.2. The lowest BCUT2D eigenvalue weighted by atomic mass is 9.70. The second-order valence-electron chi connectivity index (χ2n) is 5.18. The number of Topliss-reactive ketones (excluding diaryl/α,β-unsaturated/α-hetero) is 1. The Morgan fingerprint density at radius 2 is 2.27 bits per heavy atom. The molecule has 84 valence electrons. The van der Waals surface area contributed by atoms with Crippen molar-refractivity contribution in [1.29, 1.82) is 5.26 Å². The van der Waals surface area contributed by atoms with Crippen LogP contribution in [0.25, 0.3) is 0 Å². The lowest BCUT2D eigenvalue weighted by molar-refractivity contribution is -0.126. The fraction of sp³-hybridized carbons (Fsp3) is 0.846. The zero-order chi connectivity index (χ0) is 11.6. The average Bonchev–Trinajstić information content (AvgIpc) is 2.55. The highest BCUT2D eigenvalue weighted by Gasteiger charge is 2.51. The first-order valence-corrected chi connectivity index (χ1v) is 5.90. The van der Waals surface area contributed by atoms with E-state index in [2.05, 4.69) is 26.8 Å². The van der Waals surface area contributed by atoms with E-state index in [0.717, 1.165) is 19.3 Å². The number of nitriles is 1. The minimum Gasteiger partial charge on any atom is -0.298 e. The van der Waals surface area contributed by atoms with Gasteiger partial charge < -0.3 is 0 Å². The number of rotatable bonds is 3. The van der Waals surface area contributed by atoms with Crippen LogP contribution in [0.2, 0.25) is 0 Å². The number of nitrogens with zero attached hydrogens (tertiary/aromatic N) is 1. The minimum atomic E-state index is -0.686. The molecule has 4 unspecified atom stereocenters. The minimum absolute atomic E-state index is 0.0691. The molecule has 2 nitrogen and oxygen atoms in total. The molecular formula is C13H21NO. The highest BCUT2D eigenvalue weighted by atomic mass is 16.1. The van der Waals surface area contributed by atoms with Crippen molar-refractivity contribution in [2.45, 2.75) is 47.0 Å². The molecule has 1 fully saturated rings. The summed E-state index contributed by atoms with van der Waals surface area (Å²) in [5, 5.41) is 9.35. The lowest BCUT2D eigenvalue weighted by Crippen LogP contribution is -2.35. The van der Waals surface area contributed by atoms with Gasteiger partial charge in [0.25, 0.3) is 0 Å². The van der Waals surface area contributed by atoms with E-state index >= 15 is 0 Å². The molecule has 0 spiro atoms. The first kappa shape index (κ1) is 12.2. The van der Waals surface area contributed by atoms with E-state index in [1.54, 1.807) is 6.92 Å². The van der Waals surface area contributed by atoms with Crippen LogP contribution in [0.1, 0.15) is 47.0 Å². The maximum Gasteiger partial charge on any atom is 0.150 e. The van der Waals surface area contributed by atoms with Gasteiger partial charge >= 0.3 is 0 Å². The maximum absolute atomic E-state index is 11.8.